The second-order valence-corrected chi connectivity index (χ2v) is 4.59. The first-order chi connectivity index (χ1) is 8.24. The van der Waals surface area contributed by atoms with Crippen molar-refractivity contribution >= 4 is 22.6 Å². The van der Waals surface area contributed by atoms with Crippen molar-refractivity contribution in [2.24, 2.45) is 0 Å². The molecule has 0 unspecified atom stereocenters. The minimum atomic E-state index is 0.0103. The van der Waals surface area contributed by atoms with Crippen LogP contribution in [0.4, 0.5) is 5.13 Å². The first-order valence-corrected chi connectivity index (χ1v) is 6.50. The molecule has 92 valence electrons. The van der Waals surface area contributed by atoms with Gasteiger partial charge >= 0.3 is 0 Å². The van der Waals surface area contributed by atoms with Crippen LogP contribution in [0.1, 0.15) is 12.7 Å². The van der Waals surface area contributed by atoms with Gasteiger partial charge in [-0.25, -0.2) is 4.98 Å². The minimum absolute atomic E-state index is 0.0103. The topological polar surface area (TPSA) is 49.3 Å². The van der Waals surface area contributed by atoms with Gasteiger partial charge < -0.3 is 9.80 Å². The Bertz CT molecular complexity index is 409. The summed E-state index contributed by atoms with van der Waals surface area (Å²) in [5, 5.41) is 0.965. The molecule has 17 heavy (non-hydrogen) atoms. The first-order valence-electron chi connectivity index (χ1n) is 5.73. The van der Waals surface area contributed by atoms with Crippen molar-refractivity contribution in [3.8, 4) is 0 Å². The van der Waals surface area contributed by atoms with E-state index in [1.54, 1.807) is 0 Å². The highest BCUT2D eigenvalue weighted by atomic mass is 32.1. The number of aryl methyl sites for hydroxylation is 1. The monoisotopic (exact) mass is 252 g/mol. The fourth-order valence-electron chi connectivity index (χ4n) is 1.76. The lowest BCUT2D eigenvalue weighted by atomic mass is 10.3. The van der Waals surface area contributed by atoms with Gasteiger partial charge in [0.05, 0.1) is 0 Å². The van der Waals surface area contributed by atoms with Gasteiger partial charge in [-0.15, -0.1) is 0 Å². The van der Waals surface area contributed by atoms with E-state index in [1.165, 1.54) is 17.6 Å². The van der Waals surface area contributed by atoms with Gasteiger partial charge in [0.1, 0.15) is 5.82 Å². The highest BCUT2D eigenvalue weighted by Crippen LogP contribution is 2.19. The number of piperazine rings is 1. The molecule has 2 rings (SSSR count). The number of rotatable bonds is 3. The average molecular weight is 252 g/mol. The maximum atomic E-state index is 11.4. The molecule has 1 fully saturated rings. The van der Waals surface area contributed by atoms with E-state index in [1.807, 2.05) is 11.8 Å². The zero-order valence-corrected chi connectivity index (χ0v) is 10.7. The molecule has 1 amide bonds. The van der Waals surface area contributed by atoms with E-state index in [9.17, 15) is 4.79 Å². The van der Waals surface area contributed by atoms with Crippen molar-refractivity contribution in [1.29, 1.82) is 0 Å². The SMILES string of the molecule is C=CC(=O)N1CCN(c2nc(CC)ns2)CC1. The van der Waals surface area contributed by atoms with E-state index in [2.05, 4.69) is 20.8 Å². The minimum Gasteiger partial charge on any atom is -0.343 e. The number of anilines is 1. The molecule has 2 heterocycles. The molecule has 5 nitrogen and oxygen atoms in total. The van der Waals surface area contributed by atoms with Crippen molar-refractivity contribution in [3.63, 3.8) is 0 Å². The third kappa shape index (κ3) is 2.63. The summed E-state index contributed by atoms with van der Waals surface area (Å²) < 4.78 is 4.27. The summed E-state index contributed by atoms with van der Waals surface area (Å²) in [6, 6.07) is 0. The number of carbonyl (C=O) groups excluding carboxylic acids is 1. The van der Waals surface area contributed by atoms with Crippen LogP contribution < -0.4 is 4.90 Å². The third-order valence-electron chi connectivity index (χ3n) is 2.81. The van der Waals surface area contributed by atoms with Crippen molar-refractivity contribution in [2.75, 3.05) is 31.1 Å². The molecule has 0 spiro atoms. The molecule has 1 aromatic heterocycles. The van der Waals surface area contributed by atoms with E-state index < -0.39 is 0 Å². The van der Waals surface area contributed by atoms with E-state index >= 15 is 0 Å². The Morgan fingerprint density at radius 2 is 2.18 bits per heavy atom. The summed E-state index contributed by atoms with van der Waals surface area (Å²) in [6.45, 7) is 8.64. The fraction of sp³-hybridized carbons (Fsp3) is 0.545. The lowest BCUT2D eigenvalue weighted by molar-refractivity contribution is -0.126. The molecule has 0 aromatic carbocycles. The third-order valence-corrected chi connectivity index (χ3v) is 3.62. The maximum Gasteiger partial charge on any atom is 0.246 e. The Hall–Kier alpha value is -1.43. The zero-order valence-electron chi connectivity index (χ0n) is 9.93. The number of aromatic nitrogens is 2. The van der Waals surface area contributed by atoms with Crippen molar-refractivity contribution in [1.82, 2.24) is 14.3 Å². The number of hydrogen-bond donors (Lipinski definition) is 0. The second kappa shape index (κ2) is 5.27. The van der Waals surface area contributed by atoms with E-state index in [0.29, 0.717) is 0 Å². The van der Waals surface area contributed by atoms with Crippen LogP contribution in [0.3, 0.4) is 0 Å². The van der Waals surface area contributed by atoms with Gasteiger partial charge in [0.2, 0.25) is 11.0 Å². The van der Waals surface area contributed by atoms with E-state index in [-0.39, 0.29) is 5.91 Å². The average Bonchev–Trinajstić information content (AvgIpc) is 2.87. The highest BCUT2D eigenvalue weighted by Gasteiger charge is 2.21. The van der Waals surface area contributed by atoms with Crippen molar-refractivity contribution < 1.29 is 4.79 Å². The smallest absolute Gasteiger partial charge is 0.246 e. The Morgan fingerprint density at radius 1 is 1.47 bits per heavy atom. The Kier molecular flexibility index (Phi) is 3.73. The summed E-state index contributed by atoms with van der Waals surface area (Å²) >= 11 is 1.44. The first kappa shape index (κ1) is 12.0. The summed E-state index contributed by atoms with van der Waals surface area (Å²) in [6.07, 6.45) is 2.24. The molecule has 0 N–H and O–H groups in total. The summed E-state index contributed by atoms with van der Waals surface area (Å²) in [4.78, 5) is 19.9. The lowest BCUT2D eigenvalue weighted by Crippen LogP contribution is -2.48. The summed E-state index contributed by atoms with van der Waals surface area (Å²) in [7, 11) is 0. The van der Waals surface area contributed by atoms with Crippen LogP contribution in [0.5, 0.6) is 0 Å². The second-order valence-electron chi connectivity index (χ2n) is 3.86. The molecule has 1 aliphatic rings. The standard InChI is InChI=1S/C11H16N4OS/c1-3-9-12-11(17-13-9)15-7-5-14(6-8-15)10(16)4-2/h4H,2-3,5-8H2,1H3. The molecule has 0 radical (unpaired) electrons. The van der Waals surface area contributed by atoms with Crippen LogP contribution in [-0.4, -0.2) is 46.3 Å². The molecule has 1 aromatic rings. The van der Waals surface area contributed by atoms with Gasteiger partial charge in [0, 0.05) is 44.1 Å². The van der Waals surface area contributed by atoms with Crippen LogP contribution in [-0.2, 0) is 11.2 Å². The van der Waals surface area contributed by atoms with Crippen LogP contribution in [0.2, 0.25) is 0 Å². The molecule has 0 bridgehead atoms. The van der Waals surface area contributed by atoms with Gasteiger partial charge in [-0.05, 0) is 6.08 Å². The largest absolute Gasteiger partial charge is 0.343 e. The maximum absolute atomic E-state index is 11.4. The molecule has 6 heteroatoms. The molecule has 0 saturated carbocycles. The van der Waals surface area contributed by atoms with Crippen LogP contribution in [0.25, 0.3) is 0 Å². The van der Waals surface area contributed by atoms with Crippen molar-refractivity contribution in [2.45, 2.75) is 13.3 Å². The predicted octanol–water partition coefficient (Wildman–Crippen LogP) is 0.935. The molecule has 1 aliphatic heterocycles. The Morgan fingerprint density at radius 3 is 2.71 bits per heavy atom. The number of nitrogens with zero attached hydrogens (tertiary/aromatic N) is 4. The van der Waals surface area contributed by atoms with Gasteiger partial charge in [-0.3, -0.25) is 4.79 Å². The Balaban J connectivity index is 1.94. The molecule has 1 saturated heterocycles. The van der Waals surface area contributed by atoms with E-state index in [0.717, 1.165) is 43.6 Å². The van der Waals surface area contributed by atoms with Crippen molar-refractivity contribution in [3.05, 3.63) is 18.5 Å². The summed E-state index contributed by atoms with van der Waals surface area (Å²) in [5.74, 6) is 0.908. The van der Waals surface area contributed by atoms with E-state index in [4.69, 9.17) is 0 Å². The number of hydrogen-bond acceptors (Lipinski definition) is 5. The summed E-state index contributed by atoms with van der Waals surface area (Å²) in [5.41, 5.74) is 0. The zero-order chi connectivity index (χ0) is 12.3. The molecular formula is C11H16N4OS. The normalized spacial score (nSPS) is 16.1. The molecular weight excluding hydrogens is 236 g/mol. The van der Waals surface area contributed by atoms with Crippen LogP contribution in [0, 0.1) is 0 Å². The predicted molar refractivity (Wildman–Crippen MR) is 68.3 cm³/mol. The molecule has 0 atom stereocenters. The number of carbonyl (C=O) groups is 1. The van der Waals surface area contributed by atoms with Gasteiger partial charge in [-0.1, -0.05) is 13.5 Å². The van der Waals surface area contributed by atoms with Crippen LogP contribution >= 0.6 is 11.5 Å². The fourth-order valence-corrected chi connectivity index (χ4v) is 2.57. The van der Waals surface area contributed by atoms with Gasteiger partial charge in [0.25, 0.3) is 0 Å². The van der Waals surface area contributed by atoms with Crippen LogP contribution in [0.15, 0.2) is 12.7 Å². The quantitative estimate of drug-likeness (QED) is 0.751. The highest BCUT2D eigenvalue weighted by molar-refractivity contribution is 7.09. The lowest BCUT2D eigenvalue weighted by Gasteiger charge is -2.33. The number of amides is 1. The van der Waals surface area contributed by atoms with Gasteiger partial charge in [-0.2, -0.15) is 4.37 Å². The molecule has 0 aliphatic carbocycles. The Labute approximate surface area is 105 Å². The van der Waals surface area contributed by atoms with Gasteiger partial charge in [0.15, 0.2) is 0 Å².